The van der Waals surface area contributed by atoms with Crippen LogP contribution in [0.15, 0.2) is 194 Å². The van der Waals surface area contributed by atoms with Crippen LogP contribution in [0.2, 0.25) is 0 Å². The molecule has 54 heavy (non-hydrogen) atoms. The molecule has 0 N–H and O–H groups in total. The molecule has 0 saturated heterocycles. The average Bonchev–Trinajstić information content (AvgIpc) is 3.54. The molecule has 0 amide bonds. The Labute approximate surface area is 313 Å². The van der Waals surface area contributed by atoms with Gasteiger partial charge in [0.2, 0.25) is 0 Å². The van der Waals surface area contributed by atoms with Gasteiger partial charge in [-0.1, -0.05) is 176 Å². The fraction of sp³-hybridized carbons (Fsp3) is 0.0196. The van der Waals surface area contributed by atoms with Crippen LogP contribution >= 0.6 is 0 Å². The molecular formula is C51H32N2O. The van der Waals surface area contributed by atoms with E-state index in [-0.39, 0.29) is 0 Å². The zero-order chi connectivity index (χ0) is 35.6. The van der Waals surface area contributed by atoms with Crippen molar-refractivity contribution in [2.24, 2.45) is 0 Å². The normalized spacial score (nSPS) is 13.1. The molecule has 0 bridgehead atoms. The van der Waals surface area contributed by atoms with Crippen molar-refractivity contribution in [3.63, 3.8) is 0 Å². The van der Waals surface area contributed by atoms with Gasteiger partial charge in [-0.2, -0.15) is 0 Å². The van der Waals surface area contributed by atoms with E-state index in [2.05, 4.69) is 182 Å². The highest BCUT2D eigenvalue weighted by molar-refractivity contribution is 6.03. The molecule has 1 spiro atoms. The molecule has 1 aromatic heterocycles. The van der Waals surface area contributed by atoms with Crippen LogP contribution in [0.25, 0.3) is 66.9 Å². The Morgan fingerprint density at radius 2 is 0.926 bits per heavy atom. The van der Waals surface area contributed by atoms with Crippen molar-refractivity contribution in [1.29, 1.82) is 0 Å². The van der Waals surface area contributed by atoms with Crippen molar-refractivity contribution in [1.82, 2.24) is 9.97 Å². The molecule has 9 aromatic rings. The van der Waals surface area contributed by atoms with Crippen LogP contribution in [0.1, 0.15) is 22.3 Å². The van der Waals surface area contributed by atoms with Crippen molar-refractivity contribution >= 4 is 10.8 Å². The van der Waals surface area contributed by atoms with Crippen LogP contribution in [0.3, 0.4) is 0 Å². The molecule has 0 fully saturated rings. The van der Waals surface area contributed by atoms with E-state index in [0.29, 0.717) is 5.82 Å². The summed E-state index contributed by atoms with van der Waals surface area (Å²) in [7, 11) is 0. The summed E-state index contributed by atoms with van der Waals surface area (Å²) >= 11 is 0. The van der Waals surface area contributed by atoms with Gasteiger partial charge in [0.25, 0.3) is 0 Å². The zero-order valence-electron chi connectivity index (χ0n) is 29.3. The number of rotatable bonds is 4. The van der Waals surface area contributed by atoms with Crippen LogP contribution in [-0.2, 0) is 5.41 Å². The average molecular weight is 689 g/mol. The van der Waals surface area contributed by atoms with Gasteiger partial charge in [0.1, 0.15) is 11.5 Å². The first kappa shape index (κ1) is 30.5. The first-order chi connectivity index (χ1) is 26.8. The topological polar surface area (TPSA) is 35.0 Å². The molecule has 11 rings (SSSR count). The molecule has 0 atom stereocenters. The number of fused-ring (bicyclic) bond motifs is 10. The third kappa shape index (κ3) is 4.49. The molecule has 0 radical (unpaired) electrons. The number of nitrogens with zero attached hydrogens (tertiary/aromatic N) is 2. The highest BCUT2D eigenvalue weighted by atomic mass is 16.5. The van der Waals surface area contributed by atoms with Gasteiger partial charge in [0.15, 0.2) is 5.82 Å². The monoisotopic (exact) mass is 688 g/mol. The van der Waals surface area contributed by atoms with Crippen LogP contribution in [-0.4, -0.2) is 9.97 Å². The lowest BCUT2D eigenvalue weighted by molar-refractivity contribution is 0.436. The van der Waals surface area contributed by atoms with Crippen molar-refractivity contribution in [2.45, 2.75) is 5.41 Å². The Hall–Kier alpha value is -7.10. The van der Waals surface area contributed by atoms with E-state index in [9.17, 15) is 0 Å². The van der Waals surface area contributed by atoms with E-state index in [4.69, 9.17) is 14.7 Å². The predicted octanol–water partition coefficient (Wildman–Crippen LogP) is 12.8. The first-order valence-corrected chi connectivity index (χ1v) is 18.4. The van der Waals surface area contributed by atoms with Crippen LogP contribution < -0.4 is 4.74 Å². The summed E-state index contributed by atoms with van der Waals surface area (Å²) in [6, 6.07) is 68.8. The van der Waals surface area contributed by atoms with Crippen LogP contribution in [0.4, 0.5) is 0 Å². The summed E-state index contributed by atoms with van der Waals surface area (Å²) in [5.41, 5.74) is 13.8. The van der Waals surface area contributed by atoms with Gasteiger partial charge in [-0.15, -0.1) is 0 Å². The molecule has 1 aliphatic heterocycles. The standard InChI is InChI=1S/C51H32N2O/c1-3-16-34(17-4-1)45-32-46(35-18-5-2-6-19-35)53-50(52-45)49-37-20-8-7-15-33(37)27-29-38(49)36-28-30-44-48(31-36)54-47-26-14-13-25-43(47)51(44)41-23-11-9-21-39(41)40-22-10-12-24-42(40)51/h1-32H. The maximum atomic E-state index is 6.91. The molecule has 1 aliphatic carbocycles. The predicted molar refractivity (Wildman–Crippen MR) is 219 cm³/mol. The van der Waals surface area contributed by atoms with E-state index in [0.717, 1.165) is 72.6 Å². The molecule has 3 nitrogen and oxygen atoms in total. The summed E-state index contributed by atoms with van der Waals surface area (Å²) in [5.74, 6) is 2.40. The van der Waals surface area contributed by atoms with Crippen molar-refractivity contribution in [3.05, 3.63) is 216 Å². The molecule has 252 valence electrons. The third-order valence-electron chi connectivity index (χ3n) is 11.2. The number of benzene rings is 8. The zero-order valence-corrected chi connectivity index (χ0v) is 29.3. The highest BCUT2D eigenvalue weighted by Crippen LogP contribution is 2.62. The molecule has 2 aliphatic rings. The minimum Gasteiger partial charge on any atom is -0.457 e. The summed E-state index contributed by atoms with van der Waals surface area (Å²) in [6.45, 7) is 0. The Balaban J connectivity index is 1.17. The van der Waals surface area contributed by atoms with Gasteiger partial charge in [0.05, 0.1) is 16.8 Å². The number of aromatic nitrogens is 2. The molecule has 0 unspecified atom stereocenters. The van der Waals surface area contributed by atoms with Gasteiger partial charge in [0, 0.05) is 27.8 Å². The molecule has 2 heterocycles. The summed E-state index contributed by atoms with van der Waals surface area (Å²) in [4.78, 5) is 10.6. The van der Waals surface area contributed by atoms with E-state index in [1.165, 1.54) is 22.3 Å². The second kappa shape index (κ2) is 12.0. The van der Waals surface area contributed by atoms with Gasteiger partial charge < -0.3 is 4.74 Å². The molecule has 3 heteroatoms. The van der Waals surface area contributed by atoms with Crippen molar-refractivity contribution in [2.75, 3.05) is 0 Å². The Bertz CT molecular complexity index is 2810. The van der Waals surface area contributed by atoms with E-state index in [1.54, 1.807) is 0 Å². The number of para-hydroxylation sites is 1. The highest BCUT2D eigenvalue weighted by Gasteiger charge is 2.50. The van der Waals surface area contributed by atoms with E-state index >= 15 is 0 Å². The van der Waals surface area contributed by atoms with E-state index in [1.807, 2.05) is 12.1 Å². The number of ether oxygens (including phenoxy) is 1. The molecule has 0 saturated carbocycles. The largest absolute Gasteiger partial charge is 0.457 e. The Morgan fingerprint density at radius 1 is 0.370 bits per heavy atom. The van der Waals surface area contributed by atoms with Crippen molar-refractivity contribution in [3.8, 4) is 67.7 Å². The van der Waals surface area contributed by atoms with Gasteiger partial charge in [-0.05, 0) is 62.4 Å². The Kier molecular flexibility index (Phi) is 6.77. The number of hydrogen-bond acceptors (Lipinski definition) is 3. The smallest absolute Gasteiger partial charge is 0.161 e. The SMILES string of the molecule is c1ccc(-c2cc(-c3ccccc3)nc(-c3c(-c4ccc5c(c4)Oc4ccccc4C54c5ccccc5-c5ccccc54)ccc4ccccc34)n2)cc1. The minimum absolute atomic E-state index is 0.514. The first-order valence-electron chi connectivity index (χ1n) is 18.4. The minimum atomic E-state index is -0.514. The summed E-state index contributed by atoms with van der Waals surface area (Å²) in [5, 5.41) is 2.23. The quantitative estimate of drug-likeness (QED) is 0.185. The van der Waals surface area contributed by atoms with Crippen LogP contribution in [0.5, 0.6) is 11.5 Å². The lowest BCUT2D eigenvalue weighted by Crippen LogP contribution is -2.32. The van der Waals surface area contributed by atoms with Gasteiger partial charge in [-0.25, -0.2) is 9.97 Å². The second-order valence-electron chi connectivity index (χ2n) is 14.1. The summed E-state index contributed by atoms with van der Waals surface area (Å²) < 4.78 is 6.91. The van der Waals surface area contributed by atoms with E-state index < -0.39 is 5.41 Å². The fourth-order valence-electron chi connectivity index (χ4n) is 8.85. The lowest BCUT2D eigenvalue weighted by Gasteiger charge is -2.39. The van der Waals surface area contributed by atoms with Crippen LogP contribution in [0, 0.1) is 0 Å². The third-order valence-corrected chi connectivity index (χ3v) is 11.2. The molecule has 8 aromatic carbocycles. The second-order valence-corrected chi connectivity index (χ2v) is 14.1. The molecular weight excluding hydrogens is 657 g/mol. The maximum absolute atomic E-state index is 6.91. The van der Waals surface area contributed by atoms with Gasteiger partial charge >= 0.3 is 0 Å². The van der Waals surface area contributed by atoms with Crippen molar-refractivity contribution < 1.29 is 4.74 Å². The van der Waals surface area contributed by atoms with Gasteiger partial charge in [-0.3, -0.25) is 0 Å². The summed E-state index contributed by atoms with van der Waals surface area (Å²) in [6.07, 6.45) is 0. The Morgan fingerprint density at radius 3 is 1.61 bits per heavy atom. The maximum Gasteiger partial charge on any atom is 0.161 e. The fourth-order valence-corrected chi connectivity index (χ4v) is 8.85. The number of hydrogen-bond donors (Lipinski definition) is 0. The lowest BCUT2D eigenvalue weighted by atomic mass is 9.66.